The quantitative estimate of drug-likeness (QED) is 0.671. The van der Waals surface area contributed by atoms with E-state index in [1.807, 2.05) is 48.7 Å². The van der Waals surface area contributed by atoms with Gasteiger partial charge in [-0.05, 0) is 35.3 Å². The smallest absolute Gasteiger partial charge is 0.218 e. The zero-order valence-electron chi connectivity index (χ0n) is 18.4. The van der Waals surface area contributed by atoms with Gasteiger partial charge in [-0.25, -0.2) is 17.1 Å². The molecule has 0 amide bonds. The Balaban J connectivity index is 1.23. The Bertz CT molecular complexity index is 1140. The van der Waals surface area contributed by atoms with E-state index in [0.29, 0.717) is 25.9 Å². The minimum absolute atomic E-state index is 0.0162. The van der Waals surface area contributed by atoms with Crippen molar-refractivity contribution in [1.82, 2.24) is 9.21 Å². The van der Waals surface area contributed by atoms with Gasteiger partial charge in [-0.3, -0.25) is 4.90 Å². The van der Waals surface area contributed by atoms with Gasteiger partial charge in [-0.15, -0.1) is 0 Å². The van der Waals surface area contributed by atoms with Crippen LogP contribution in [0.25, 0.3) is 5.57 Å². The molecule has 174 valence electrons. The predicted molar refractivity (Wildman–Crippen MR) is 127 cm³/mol. The number of rotatable bonds is 5. The fraction of sp³-hybridized carbons (Fsp3) is 0.400. The van der Waals surface area contributed by atoms with E-state index in [9.17, 15) is 12.8 Å². The second-order valence-corrected chi connectivity index (χ2v) is 10.9. The molecule has 1 saturated heterocycles. The standard InChI is InChI=1S/C25H28FN3O3S/c26-23-8-6-21(7-9-23)22-10-14-28(15-11-22)24-18-27-32-25(24)12-16-29(17-13-25)33(30,31)19-20-4-2-1-3-5-20/h1-10,18,24H,11-17,19H2. The van der Waals surface area contributed by atoms with Gasteiger partial charge in [0.05, 0.1) is 18.0 Å². The van der Waals surface area contributed by atoms with Crippen LogP contribution >= 0.6 is 0 Å². The third-order valence-corrected chi connectivity index (χ3v) is 8.83. The number of nitrogens with zero attached hydrogens (tertiary/aromatic N) is 3. The molecule has 2 aromatic rings. The minimum Gasteiger partial charge on any atom is -0.387 e. The van der Waals surface area contributed by atoms with E-state index in [1.54, 1.807) is 4.31 Å². The number of halogens is 1. The summed E-state index contributed by atoms with van der Waals surface area (Å²) in [5, 5.41) is 4.16. The molecule has 0 N–H and O–H groups in total. The van der Waals surface area contributed by atoms with Crippen molar-refractivity contribution in [2.45, 2.75) is 36.7 Å². The van der Waals surface area contributed by atoms with Crippen molar-refractivity contribution < 1.29 is 17.6 Å². The largest absolute Gasteiger partial charge is 0.387 e. The SMILES string of the molecule is O=S(=O)(Cc1ccccc1)N1CCC2(CC1)ON=CC2N1CC=C(c2ccc(F)cc2)CC1. The van der Waals surface area contributed by atoms with Crippen molar-refractivity contribution in [3.63, 3.8) is 0 Å². The van der Waals surface area contributed by atoms with E-state index in [4.69, 9.17) is 4.84 Å². The van der Waals surface area contributed by atoms with Crippen LogP contribution in [0.2, 0.25) is 0 Å². The average molecular weight is 470 g/mol. The number of oxime groups is 1. The molecule has 0 saturated carbocycles. The van der Waals surface area contributed by atoms with E-state index >= 15 is 0 Å². The lowest BCUT2D eigenvalue weighted by Gasteiger charge is -2.44. The molecular weight excluding hydrogens is 441 g/mol. The van der Waals surface area contributed by atoms with E-state index < -0.39 is 15.6 Å². The van der Waals surface area contributed by atoms with Crippen molar-refractivity contribution in [2.75, 3.05) is 26.2 Å². The number of sulfonamides is 1. The Hall–Kier alpha value is -2.55. The normalized spacial score (nSPS) is 23.4. The Labute approximate surface area is 194 Å². The molecule has 0 aromatic heterocycles. The molecule has 3 heterocycles. The summed E-state index contributed by atoms with van der Waals surface area (Å²) in [7, 11) is -3.38. The zero-order chi connectivity index (χ0) is 22.9. The van der Waals surface area contributed by atoms with Gasteiger partial charge in [-0.1, -0.05) is 53.7 Å². The lowest BCUT2D eigenvalue weighted by atomic mass is 9.84. The molecule has 6 nitrogen and oxygen atoms in total. The molecule has 5 rings (SSSR count). The van der Waals surface area contributed by atoms with Crippen LogP contribution in [-0.2, 0) is 20.6 Å². The van der Waals surface area contributed by atoms with E-state index in [1.165, 1.54) is 17.7 Å². The third kappa shape index (κ3) is 4.60. The summed E-state index contributed by atoms with van der Waals surface area (Å²) in [5.74, 6) is -0.208. The van der Waals surface area contributed by atoms with Crippen molar-refractivity contribution in [3.8, 4) is 0 Å². The maximum absolute atomic E-state index is 13.2. The summed E-state index contributed by atoms with van der Waals surface area (Å²) in [6.07, 6.45) is 6.14. The summed E-state index contributed by atoms with van der Waals surface area (Å²) in [4.78, 5) is 8.24. The monoisotopic (exact) mass is 469 g/mol. The van der Waals surface area contributed by atoms with Gasteiger partial charge >= 0.3 is 0 Å². The van der Waals surface area contributed by atoms with E-state index in [2.05, 4.69) is 16.1 Å². The summed E-state index contributed by atoms with van der Waals surface area (Å²) in [6.45, 7) is 2.46. The van der Waals surface area contributed by atoms with Gasteiger partial charge in [0.2, 0.25) is 10.0 Å². The highest BCUT2D eigenvalue weighted by Gasteiger charge is 2.50. The van der Waals surface area contributed by atoms with Gasteiger partial charge in [0.1, 0.15) is 5.82 Å². The highest BCUT2D eigenvalue weighted by Crippen LogP contribution is 2.38. The molecular formula is C25H28FN3O3S. The fourth-order valence-electron chi connectivity index (χ4n) is 5.08. The van der Waals surface area contributed by atoms with Gasteiger partial charge in [0.25, 0.3) is 0 Å². The van der Waals surface area contributed by atoms with Crippen molar-refractivity contribution in [3.05, 3.63) is 77.6 Å². The Morgan fingerprint density at radius 2 is 1.76 bits per heavy atom. The minimum atomic E-state index is -3.38. The average Bonchev–Trinajstić information content (AvgIpc) is 3.23. The molecule has 33 heavy (non-hydrogen) atoms. The second-order valence-electron chi connectivity index (χ2n) is 8.98. The first-order chi connectivity index (χ1) is 16.0. The highest BCUT2D eigenvalue weighted by atomic mass is 32.2. The van der Waals surface area contributed by atoms with Crippen LogP contribution in [0, 0.1) is 5.82 Å². The molecule has 8 heteroatoms. The molecule has 3 aliphatic rings. The molecule has 0 bridgehead atoms. The van der Waals surface area contributed by atoms with Crippen LogP contribution in [0.3, 0.4) is 0 Å². The summed E-state index contributed by atoms with van der Waals surface area (Å²) in [6, 6.07) is 15.9. The summed E-state index contributed by atoms with van der Waals surface area (Å²) in [5.41, 5.74) is 2.59. The van der Waals surface area contributed by atoms with Gasteiger partial charge in [0, 0.05) is 39.0 Å². The molecule has 1 unspecified atom stereocenters. The Morgan fingerprint density at radius 1 is 1.03 bits per heavy atom. The van der Waals surface area contributed by atoms with Crippen LogP contribution in [-0.4, -0.2) is 61.7 Å². The van der Waals surface area contributed by atoms with E-state index in [-0.39, 0.29) is 17.6 Å². The highest BCUT2D eigenvalue weighted by molar-refractivity contribution is 7.88. The molecule has 1 spiro atoms. The maximum atomic E-state index is 13.2. The molecule has 1 fully saturated rings. The molecule has 0 aliphatic carbocycles. The van der Waals surface area contributed by atoms with Gasteiger partial charge in [-0.2, -0.15) is 0 Å². The number of benzene rings is 2. The molecule has 2 aromatic carbocycles. The zero-order valence-corrected chi connectivity index (χ0v) is 19.3. The summed E-state index contributed by atoms with van der Waals surface area (Å²) >= 11 is 0. The first-order valence-electron chi connectivity index (χ1n) is 11.4. The Kier molecular flexibility index (Phi) is 6.07. The Morgan fingerprint density at radius 3 is 2.42 bits per heavy atom. The predicted octanol–water partition coefficient (Wildman–Crippen LogP) is 3.66. The van der Waals surface area contributed by atoms with Crippen molar-refractivity contribution >= 4 is 21.8 Å². The van der Waals surface area contributed by atoms with Crippen LogP contribution in [0.15, 0.2) is 65.8 Å². The topological polar surface area (TPSA) is 62.2 Å². The van der Waals surface area contributed by atoms with Crippen molar-refractivity contribution in [1.29, 1.82) is 0 Å². The van der Waals surface area contributed by atoms with Crippen LogP contribution < -0.4 is 0 Å². The van der Waals surface area contributed by atoms with Gasteiger partial charge < -0.3 is 4.84 Å². The number of piperidine rings is 1. The van der Waals surface area contributed by atoms with Gasteiger partial charge in [0.15, 0.2) is 5.60 Å². The van der Waals surface area contributed by atoms with Crippen molar-refractivity contribution in [2.24, 2.45) is 5.16 Å². The molecule has 1 atom stereocenters. The van der Waals surface area contributed by atoms with Crippen LogP contribution in [0.1, 0.15) is 30.4 Å². The van der Waals surface area contributed by atoms with Crippen LogP contribution in [0.5, 0.6) is 0 Å². The number of hydrogen-bond donors (Lipinski definition) is 0. The first-order valence-corrected chi connectivity index (χ1v) is 13.0. The molecule has 3 aliphatic heterocycles. The fourth-order valence-corrected chi connectivity index (χ4v) is 6.61. The lowest BCUT2D eigenvalue weighted by molar-refractivity contribution is -0.0856. The first kappa shape index (κ1) is 22.3. The third-order valence-electron chi connectivity index (χ3n) is 6.98. The lowest BCUT2D eigenvalue weighted by Crippen LogP contribution is -2.58. The summed E-state index contributed by atoms with van der Waals surface area (Å²) < 4.78 is 40.7. The van der Waals surface area contributed by atoms with Crippen LogP contribution in [0.4, 0.5) is 4.39 Å². The second kappa shape index (κ2) is 9.00. The maximum Gasteiger partial charge on any atom is 0.218 e. The van der Waals surface area contributed by atoms with E-state index in [0.717, 1.165) is 30.6 Å². The molecule has 0 radical (unpaired) electrons. The number of hydrogen-bond acceptors (Lipinski definition) is 5.